The first-order valence-electron chi connectivity index (χ1n) is 11.2. The number of aromatic nitrogens is 2. The Morgan fingerprint density at radius 2 is 1.94 bits per heavy atom. The summed E-state index contributed by atoms with van der Waals surface area (Å²) in [6.07, 6.45) is 6.89. The Kier molecular flexibility index (Phi) is 6.58. The molecule has 0 aliphatic carbocycles. The highest BCUT2D eigenvalue weighted by molar-refractivity contribution is 5.93. The monoisotopic (exact) mass is 438 g/mol. The molecule has 1 saturated heterocycles. The summed E-state index contributed by atoms with van der Waals surface area (Å²) in [4.78, 5) is 18.4. The lowest BCUT2D eigenvalue weighted by Crippen LogP contribution is -2.41. The Hall–Kier alpha value is -2.77. The summed E-state index contributed by atoms with van der Waals surface area (Å²) in [5, 5.41) is 9.92. The van der Waals surface area contributed by atoms with Gasteiger partial charge in [0, 0.05) is 36.4 Å². The molecule has 0 saturated carbocycles. The maximum atomic E-state index is 14.0. The second-order valence-electron chi connectivity index (χ2n) is 9.43. The van der Waals surface area contributed by atoms with Crippen molar-refractivity contribution in [3.05, 3.63) is 65.5 Å². The number of rotatable bonds is 7. The fraction of sp³-hybridized carbons (Fsp3) is 0.440. The van der Waals surface area contributed by atoms with Crippen molar-refractivity contribution < 1.29 is 14.4 Å². The lowest BCUT2D eigenvalue weighted by atomic mass is 9.96. The van der Waals surface area contributed by atoms with Gasteiger partial charge in [0.1, 0.15) is 11.3 Å². The normalized spacial score (nSPS) is 15.9. The molecule has 1 fully saturated rings. The molecule has 1 aliphatic rings. The van der Waals surface area contributed by atoms with Crippen LogP contribution < -0.4 is 5.48 Å². The van der Waals surface area contributed by atoms with Crippen LogP contribution in [0.15, 0.2) is 48.8 Å². The predicted octanol–water partition coefficient (Wildman–Crippen LogP) is 4.21. The van der Waals surface area contributed by atoms with Crippen molar-refractivity contribution in [1.29, 1.82) is 0 Å². The number of carbonyl (C=O) groups excluding carboxylic acids is 1. The number of halogens is 1. The molecule has 1 aliphatic heterocycles. The first kappa shape index (κ1) is 22.4. The fourth-order valence-corrected chi connectivity index (χ4v) is 4.67. The van der Waals surface area contributed by atoms with Crippen molar-refractivity contribution in [3.8, 4) is 0 Å². The van der Waals surface area contributed by atoms with Crippen LogP contribution in [0, 0.1) is 5.92 Å². The van der Waals surface area contributed by atoms with Gasteiger partial charge in [0.2, 0.25) is 0 Å². The van der Waals surface area contributed by atoms with Crippen LogP contribution in [-0.2, 0) is 13.0 Å². The average molecular weight is 439 g/mol. The molecule has 7 heteroatoms. The molecule has 0 spiro atoms. The minimum atomic E-state index is -1.15. The van der Waals surface area contributed by atoms with Crippen molar-refractivity contribution in [2.24, 2.45) is 5.92 Å². The molecule has 3 aromatic rings. The van der Waals surface area contributed by atoms with Crippen LogP contribution >= 0.6 is 0 Å². The average Bonchev–Trinajstić information content (AvgIpc) is 3.11. The zero-order chi connectivity index (χ0) is 22.7. The number of piperidine rings is 1. The number of pyridine rings is 1. The van der Waals surface area contributed by atoms with Crippen molar-refractivity contribution in [2.45, 2.75) is 45.3 Å². The van der Waals surface area contributed by atoms with E-state index in [0.29, 0.717) is 18.0 Å². The molecule has 2 N–H and O–H groups in total. The molecule has 32 heavy (non-hydrogen) atoms. The Balaban J connectivity index is 1.47. The van der Waals surface area contributed by atoms with Crippen molar-refractivity contribution >= 4 is 16.9 Å². The molecule has 6 nitrogen and oxygen atoms in total. The van der Waals surface area contributed by atoms with Crippen LogP contribution in [-0.4, -0.2) is 50.9 Å². The highest BCUT2D eigenvalue weighted by Crippen LogP contribution is 2.27. The quantitative estimate of drug-likeness (QED) is 0.428. The lowest BCUT2D eigenvalue weighted by Gasteiger charge is -2.34. The molecular formula is C25H31FN4O2. The van der Waals surface area contributed by atoms with E-state index in [9.17, 15) is 9.18 Å². The van der Waals surface area contributed by atoms with Crippen LogP contribution in [0.5, 0.6) is 0 Å². The zero-order valence-corrected chi connectivity index (χ0v) is 18.7. The highest BCUT2D eigenvalue weighted by atomic mass is 19.1. The second-order valence-corrected chi connectivity index (χ2v) is 9.43. The number of hydroxylamine groups is 1. The predicted molar refractivity (Wildman–Crippen MR) is 123 cm³/mol. The van der Waals surface area contributed by atoms with E-state index in [1.165, 1.54) is 5.56 Å². The molecule has 0 unspecified atom stereocenters. The van der Waals surface area contributed by atoms with Crippen LogP contribution in [0.1, 0.15) is 48.2 Å². The Bertz CT molecular complexity index is 1060. The van der Waals surface area contributed by atoms with Crippen LogP contribution in [0.2, 0.25) is 0 Å². The molecule has 1 aromatic carbocycles. The number of benzene rings is 1. The highest BCUT2D eigenvalue weighted by Gasteiger charge is 2.26. The third-order valence-corrected chi connectivity index (χ3v) is 6.19. The van der Waals surface area contributed by atoms with Crippen LogP contribution in [0.3, 0.4) is 0 Å². The maximum absolute atomic E-state index is 14.0. The van der Waals surface area contributed by atoms with E-state index in [2.05, 4.69) is 26.7 Å². The second kappa shape index (κ2) is 9.38. The van der Waals surface area contributed by atoms with Gasteiger partial charge in [-0.05, 0) is 87.5 Å². The zero-order valence-electron chi connectivity index (χ0n) is 18.7. The summed E-state index contributed by atoms with van der Waals surface area (Å²) in [6, 6.07) is 11.3. The van der Waals surface area contributed by atoms with Gasteiger partial charge in [-0.1, -0.05) is 12.1 Å². The number of hydrogen-bond acceptors (Lipinski definition) is 4. The number of carbonyl (C=O) groups is 1. The minimum Gasteiger partial charge on any atom is -0.332 e. The number of fused-ring (bicyclic) bond motifs is 1. The standard InChI is InChI=1S/C25H31FN4O2/c1-25(2,26)17-29-12-9-19(10-13-29)15-30-16-21(22-4-3-11-27-23(22)30)14-18-5-7-20(8-6-18)24(31)28-32/h3-8,11,16,19,32H,9-10,12-15,17H2,1-2H3,(H,28,31). The van der Waals surface area contributed by atoms with E-state index in [4.69, 9.17) is 5.21 Å². The van der Waals surface area contributed by atoms with Gasteiger partial charge in [-0.25, -0.2) is 14.9 Å². The first-order chi connectivity index (χ1) is 15.3. The van der Waals surface area contributed by atoms with Gasteiger partial charge in [0.15, 0.2) is 0 Å². The smallest absolute Gasteiger partial charge is 0.274 e. The summed E-state index contributed by atoms with van der Waals surface area (Å²) in [6.45, 7) is 6.57. The summed E-state index contributed by atoms with van der Waals surface area (Å²) in [7, 11) is 0. The lowest BCUT2D eigenvalue weighted by molar-refractivity contribution is 0.0706. The number of nitrogens with one attached hydrogen (secondary N) is 1. The van der Waals surface area contributed by atoms with E-state index < -0.39 is 11.6 Å². The third-order valence-electron chi connectivity index (χ3n) is 6.19. The summed E-state index contributed by atoms with van der Waals surface area (Å²) < 4.78 is 16.2. The number of likely N-dealkylation sites (tertiary alicyclic amines) is 1. The van der Waals surface area contributed by atoms with E-state index >= 15 is 0 Å². The Labute approximate surface area is 188 Å². The summed E-state index contributed by atoms with van der Waals surface area (Å²) >= 11 is 0. The molecule has 0 radical (unpaired) electrons. The number of nitrogens with zero attached hydrogens (tertiary/aromatic N) is 3. The number of hydrogen-bond donors (Lipinski definition) is 2. The molecule has 1 amide bonds. The molecule has 2 aromatic heterocycles. The van der Waals surface area contributed by atoms with Crippen molar-refractivity contribution in [2.75, 3.05) is 19.6 Å². The van der Waals surface area contributed by atoms with Gasteiger partial charge in [-0.2, -0.15) is 0 Å². The molecular weight excluding hydrogens is 407 g/mol. The largest absolute Gasteiger partial charge is 0.332 e. The fourth-order valence-electron chi connectivity index (χ4n) is 4.67. The van der Waals surface area contributed by atoms with E-state index in [1.807, 2.05) is 24.4 Å². The topological polar surface area (TPSA) is 70.4 Å². The number of amides is 1. The van der Waals surface area contributed by atoms with Gasteiger partial charge in [-0.3, -0.25) is 10.0 Å². The molecule has 3 heterocycles. The Morgan fingerprint density at radius 1 is 1.22 bits per heavy atom. The minimum absolute atomic E-state index is 0.419. The maximum Gasteiger partial charge on any atom is 0.274 e. The van der Waals surface area contributed by atoms with E-state index in [0.717, 1.165) is 55.5 Å². The molecule has 170 valence electrons. The molecule has 4 rings (SSSR count). The van der Waals surface area contributed by atoms with Gasteiger partial charge in [-0.15, -0.1) is 0 Å². The van der Waals surface area contributed by atoms with E-state index in [-0.39, 0.29) is 0 Å². The van der Waals surface area contributed by atoms with Gasteiger partial charge < -0.3 is 9.47 Å². The first-order valence-corrected chi connectivity index (χ1v) is 11.2. The Morgan fingerprint density at radius 3 is 2.59 bits per heavy atom. The van der Waals surface area contributed by atoms with Crippen molar-refractivity contribution in [3.63, 3.8) is 0 Å². The SMILES string of the molecule is CC(C)(F)CN1CCC(Cn2cc(Cc3ccc(C(=O)NO)cc3)c3cccnc32)CC1. The van der Waals surface area contributed by atoms with Gasteiger partial charge >= 0.3 is 0 Å². The van der Waals surface area contributed by atoms with Crippen molar-refractivity contribution in [1.82, 2.24) is 19.9 Å². The summed E-state index contributed by atoms with van der Waals surface area (Å²) in [5.41, 5.74) is 4.20. The molecule has 0 atom stereocenters. The van der Waals surface area contributed by atoms with E-state index in [1.54, 1.807) is 31.5 Å². The molecule has 0 bridgehead atoms. The van der Waals surface area contributed by atoms with Gasteiger partial charge in [0.25, 0.3) is 5.91 Å². The van der Waals surface area contributed by atoms with Crippen LogP contribution in [0.25, 0.3) is 11.0 Å². The van der Waals surface area contributed by atoms with Crippen LogP contribution in [0.4, 0.5) is 4.39 Å². The third kappa shape index (κ3) is 5.34. The van der Waals surface area contributed by atoms with Gasteiger partial charge in [0.05, 0.1) is 0 Å². The summed E-state index contributed by atoms with van der Waals surface area (Å²) in [5.74, 6) is 0.0363. The number of alkyl halides is 1.